The first-order valence-corrected chi connectivity index (χ1v) is 6.35. The van der Waals surface area contributed by atoms with Gasteiger partial charge in [-0.05, 0) is 26.7 Å². The zero-order valence-electron chi connectivity index (χ0n) is 11.8. The summed E-state index contributed by atoms with van der Waals surface area (Å²) in [5, 5.41) is 7.12. The van der Waals surface area contributed by atoms with Crippen molar-refractivity contribution < 1.29 is 4.74 Å². The molecule has 0 radical (unpaired) electrons. The van der Waals surface area contributed by atoms with E-state index in [1.165, 1.54) is 14.1 Å². The minimum absolute atomic E-state index is 0.126. The number of hydrogen-bond acceptors (Lipinski definition) is 5. The highest BCUT2D eigenvalue weighted by Crippen LogP contribution is 2.25. The second kappa shape index (κ2) is 4.80. The summed E-state index contributed by atoms with van der Waals surface area (Å²) in [6.45, 7) is 4.69. The van der Waals surface area contributed by atoms with Gasteiger partial charge in [-0.25, -0.2) is 9.48 Å². The Bertz CT molecular complexity index is 588. The minimum atomic E-state index is -0.428. The van der Waals surface area contributed by atoms with Gasteiger partial charge in [-0.2, -0.15) is 0 Å². The summed E-state index contributed by atoms with van der Waals surface area (Å²) in [6.07, 6.45) is 1.61. The fraction of sp³-hybridized carbons (Fsp3) is 0.750. The third-order valence-corrected chi connectivity index (χ3v) is 3.36. The van der Waals surface area contributed by atoms with Crippen molar-refractivity contribution in [2.24, 2.45) is 14.1 Å². The van der Waals surface area contributed by atoms with E-state index in [0.29, 0.717) is 6.61 Å². The van der Waals surface area contributed by atoms with Crippen molar-refractivity contribution in [3.05, 3.63) is 20.8 Å². The molecule has 0 aliphatic carbocycles. The van der Waals surface area contributed by atoms with Crippen LogP contribution in [0.4, 0.5) is 5.82 Å². The lowest BCUT2D eigenvalue weighted by Crippen LogP contribution is -2.44. The summed E-state index contributed by atoms with van der Waals surface area (Å²) in [5.41, 5.74) is -1.03. The predicted molar refractivity (Wildman–Crippen MR) is 71.4 cm³/mol. The molecule has 2 heterocycles. The second-order valence-corrected chi connectivity index (χ2v) is 5.56. The molecule has 1 aromatic rings. The van der Waals surface area contributed by atoms with E-state index in [1.54, 1.807) is 0 Å². The van der Waals surface area contributed by atoms with E-state index in [9.17, 15) is 9.59 Å². The van der Waals surface area contributed by atoms with E-state index in [0.717, 1.165) is 22.1 Å². The lowest BCUT2D eigenvalue weighted by atomic mass is 9.94. The van der Waals surface area contributed by atoms with Gasteiger partial charge in [0.1, 0.15) is 0 Å². The van der Waals surface area contributed by atoms with Gasteiger partial charge in [-0.3, -0.25) is 9.36 Å². The van der Waals surface area contributed by atoms with Crippen LogP contribution in [0.3, 0.4) is 0 Å². The Balaban J connectivity index is 2.25. The first-order valence-electron chi connectivity index (χ1n) is 6.35. The van der Waals surface area contributed by atoms with Gasteiger partial charge in [0.2, 0.25) is 5.82 Å². The molecule has 7 nitrogen and oxygen atoms in total. The van der Waals surface area contributed by atoms with E-state index >= 15 is 0 Å². The van der Waals surface area contributed by atoms with Gasteiger partial charge in [0.25, 0.3) is 5.56 Å². The third kappa shape index (κ3) is 2.86. The fourth-order valence-corrected chi connectivity index (χ4v) is 2.34. The van der Waals surface area contributed by atoms with Crippen molar-refractivity contribution in [1.82, 2.24) is 14.3 Å². The molecule has 0 spiro atoms. The molecule has 1 aromatic heterocycles. The summed E-state index contributed by atoms with van der Waals surface area (Å²) in [6, 6.07) is 0.126. The number of aromatic nitrogens is 3. The maximum absolute atomic E-state index is 12.0. The monoisotopic (exact) mass is 268 g/mol. The molecule has 1 unspecified atom stereocenters. The topological polar surface area (TPSA) is 78.2 Å². The van der Waals surface area contributed by atoms with Gasteiger partial charge in [-0.1, -0.05) is 0 Å². The molecule has 1 saturated heterocycles. The highest BCUT2D eigenvalue weighted by atomic mass is 16.5. The van der Waals surface area contributed by atoms with Crippen molar-refractivity contribution in [2.45, 2.75) is 38.3 Å². The van der Waals surface area contributed by atoms with Crippen molar-refractivity contribution in [3.8, 4) is 0 Å². The lowest BCUT2D eigenvalue weighted by Gasteiger charge is -2.35. The Morgan fingerprint density at radius 1 is 1.37 bits per heavy atom. The molecule has 19 heavy (non-hydrogen) atoms. The zero-order valence-corrected chi connectivity index (χ0v) is 11.8. The molecule has 1 aliphatic heterocycles. The van der Waals surface area contributed by atoms with Crippen molar-refractivity contribution in [1.29, 1.82) is 0 Å². The zero-order chi connectivity index (χ0) is 14.2. The molecule has 1 fully saturated rings. The highest BCUT2D eigenvalue weighted by Gasteiger charge is 2.29. The van der Waals surface area contributed by atoms with Gasteiger partial charge in [0, 0.05) is 26.7 Å². The maximum Gasteiger partial charge on any atom is 0.346 e. The quantitative estimate of drug-likeness (QED) is 0.807. The van der Waals surface area contributed by atoms with Crippen molar-refractivity contribution >= 4 is 5.82 Å². The molecule has 1 N–H and O–H groups in total. The number of nitrogens with zero attached hydrogens (tertiary/aromatic N) is 3. The summed E-state index contributed by atoms with van der Waals surface area (Å²) in [5.74, 6) is 0.215. The Morgan fingerprint density at radius 2 is 2.05 bits per heavy atom. The summed E-state index contributed by atoms with van der Waals surface area (Å²) < 4.78 is 7.85. The van der Waals surface area contributed by atoms with Crippen LogP contribution in [0, 0.1) is 0 Å². The normalized spacial score (nSPS) is 22.2. The van der Waals surface area contributed by atoms with Gasteiger partial charge < -0.3 is 10.1 Å². The van der Waals surface area contributed by atoms with E-state index in [4.69, 9.17) is 4.74 Å². The first kappa shape index (κ1) is 13.8. The molecular formula is C12H20N4O3. The number of anilines is 1. The molecule has 1 aliphatic rings. The number of aryl methyl sites for hydroxylation is 1. The molecule has 2 rings (SSSR count). The fourth-order valence-electron chi connectivity index (χ4n) is 2.34. The second-order valence-electron chi connectivity index (χ2n) is 5.56. The largest absolute Gasteiger partial charge is 0.375 e. The molecule has 7 heteroatoms. The molecule has 0 aromatic carbocycles. The minimum Gasteiger partial charge on any atom is -0.375 e. The average Bonchev–Trinajstić information content (AvgIpc) is 2.32. The SMILES string of the molecule is Cn1nc(NC2CCOC(C)(C)C2)c(=O)n(C)c1=O. The van der Waals surface area contributed by atoms with Crippen LogP contribution < -0.4 is 16.6 Å². The van der Waals surface area contributed by atoms with Crippen LogP contribution in [0.5, 0.6) is 0 Å². The summed E-state index contributed by atoms with van der Waals surface area (Å²) in [4.78, 5) is 23.5. The Hall–Kier alpha value is -1.63. The summed E-state index contributed by atoms with van der Waals surface area (Å²) in [7, 11) is 2.98. The number of nitrogens with one attached hydrogen (secondary N) is 1. The van der Waals surface area contributed by atoms with Crippen LogP contribution in [0.2, 0.25) is 0 Å². The number of ether oxygens (including phenoxy) is 1. The molecule has 0 amide bonds. The highest BCUT2D eigenvalue weighted by molar-refractivity contribution is 5.31. The van der Waals surface area contributed by atoms with E-state index in [1.807, 2.05) is 13.8 Å². The van der Waals surface area contributed by atoms with Gasteiger partial charge in [0.15, 0.2) is 0 Å². The maximum atomic E-state index is 12.0. The average molecular weight is 268 g/mol. The standard InChI is InChI=1S/C12H20N4O3/c1-12(2)7-8(5-6-19-12)13-9-10(17)15(3)11(18)16(4)14-9/h8H,5-7H2,1-4H3,(H,13,14). The third-order valence-electron chi connectivity index (χ3n) is 3.36. The molecule has 1 atom stereocenters. The van der Waals surface area contributed by atoms with Gasteiger partial charge in [-0.15, -0.1) is 5.10 Å². The van der Waals surface area contributed by atoms with Crippen molar-refractivity contribution in [3.63, 3.8) is 0 Å². The van der Waals surface area contributed by atoms with Crippen LogP contribution >= 0.6 is 0 Å². The Morgan fingerprint density at radius 3 is 2.68 bits per heavy atom. The molecular weight excluding hydrogens is 248 g/mol. The van der Waals surface area contributed by atoms with Crippen LogP contribution in [0.15, 0.2) is 9.59 Å². The van der Waals surface area contributed by atoms with Gasteiger partial charge in [0.05, 0.1) is 5.60 Å². The molecule has 0 bridgehead atoms. The van der Waals surface area contributed by atoms with Crippen LogP contribution in [0.25, 0.3) is 0 Å². The smallest absolute Gasteiger partial charge is 0.346 e. The predicted octanol–water partition coefficient (Wildman–Crippen LogP) is -0.151. The van der Waals surface area contributed by atoms with E-state index in [-0.39, 0.29) is 17.5 Å². The number of hydrogen-bond donors (Lipinski definition) is 1. The van der Waals surface area contributed by atoms with Crippen LogP contribution in [0.1, 0.15) is 26.7 Å². The van der Waals surface area contributed by atoms with Gasteiger partial charge >= 0.3 is 5.69 Å². The number of rotatable bonds is 2. The van der Waals surface area contributed by atoms with E-state index < -0.39 is 11.2 Å². The first-order chi connectivity index (χ1) is 8.80. The van der Waals surface area contributed by atoms with Crippen molar-refractivity contribution in [2.75, 3.05) is 11.9 Å². The molecule has 0 saturated carbocycles. The lowest BCUT2D eigenvalue weighted by molar-refractivity contribution is -0.0553. The Labute approximate surface area is 111 Å². The van der Waals surface area contributed by atoms with E-state index in [2.05, 4.69) is 10.4 Å². The Kier molecular flexibility index (Phi) is 3.49. The van der Waals surface area contributed by atoms with Crippen LogP contribution in [-0.2, 0) is 18.8 Å². The van der Waals surface area contributed by atoms with Crippen LogP contribution in [-0.4, -0.2) is 32.6 Å². The molecule has 106 valence electrons. The summed E-state index contributed by atoms with van der Waals surface area (Å²) >= 11 is 0.